The Bertz CT molecular complexity index is 1020. The van der Waals surface area contributed by atoms with Crippen molar-refractivity contribution in [3.63, 3.8) is 0 Å². The van der Waals surface area contributed by atoms with Gasteiger partial charge in [0.15, 0.2) is 11.6 Å². The quantitative estimate of drug-likeness (QED) is 0.370. The number of hydrogen-bond acceptors (Lipinski definition) is 5. The molecule has 0 aromatic heterocycles. The van der Waals surface area contributed by atoms with Crippen LogP contribution < -0.4 is 10.6 Å². The third kappa shape index (κ3) is 5.51. The highest BCUT2D eigenvalue weighted by Gasteiger charge is 2.37. The molecule has 7 nitrogen and oxygen atoms in total. The van der Waals surface area contributed by atoms with Gasteiger partial charge in [0.25, 0.3) is 5.91 Å². The van der Waals surface area contributed by atoms with Gasteiger partial charge in [-0.1, -0.05) is 0 Å². The summed E-state index contributed by atoms with van der Waals surface area (Å²) in [5.74, 6) is -4.63. The van der Waals surface area contributed by atoms with Gasteiger partial charge in [-0.05, 0) is 59.3 Å². The Balaban J connectivity index is 1.69. The van der Waals surface area contributed by atoms with Crippen LogP contribution in [0.15, 0.2) is 30.3 Å². The van der Waals surface area contributed by atoms with Crippen molar-refractivity contribution in [1.82, 2.24) is 10.2 Å². The van der Waals surface area contributed by atoms with E-state index in [0.717, 1.165) is 12.1 Å². The molecule has 1 heterocycles. The molecule has 1 fully saturated rings. The van der Waals surface area contributed by atoms with Crippen molar-refractivity contribution in [2.24, 2.45) is 5.92 Å². The van der Waals surface area contributed by atoms with Crippen LogP contribution in [-0.2, 0) is 4.79 Å². The van der Waals surface area contributed by atoms with E-state index in [1.165, 1.54) is 17.0 Å². The zero-order valence-electron chi connectivity index (χ0n) is 16.7. The van der Waals surface area contributed by atoms with E-state index in [1.807, 2.05) is 22.6 Å². The largest absolute Gasteiger partial charge is 0.394 e. The first-order valence-electron chi connectivity index (χ1n) is 9.77. The Morgan fingerprint density at radius 3 is 2.53 bits per heavy atom. The second-order valence-electron chi connectivity index (χ2n) is 7.36. The first kappa shape index (κ1) is 24.3. The van der Waals surface area contributed by atoms with Crippen molar-refractivity contribution >= 4 is 45.8 Å². The van der Waals surface area contributed by atoms with Crippen molar-refractivity contribution in [3.8, 4) is 0 Å². The van der Waals surface area contributed by atoms with Gasteiger partial charge in [-0.15, -0.1) is 0 Å². The third-order valence-electron chi connectivity index (χ3n) is 5.04. The lowest BCUT2D eigenvalue weighted by Crippen LogP contribution is -2.56. The third-order valence-corrected chi connectivity index (χ3v) is 5.71. The highest BCUT2D eigenvalue weighted by atomic mass is 127. The fraction of sp³-hybridized carbons (Fsp3) is 0.333. The number of rotatable bonds is 8. The fourth-order valence-electron chi connectivity index (χ4n) is 3.15. The molecule has 0 spiro atoms. The van der Waals surface area contributed by atoms with Crippen molar-refractivity contribution < 1.29 is 33.0 Å². The Morgan fingerprint density at radius 1 is 1.16 bits per heavy atom. The minimum absolute atomic E-state index is 0.0730. The molecule has 2 aromatic rings. The molecule has 0 bridgehead atoms. The van der Waals surface area contributed by atoms with E-state index < -0.39 is 47.7 Å². The maximum atomic E-state index is 14.5. The molecule has 0 saturated carbocycles. The molecule has 0 radical (unpaired) electrons. The molecule has 0 aliphatic carbocycles. The lowest BCUT2D eigenvalue weighted by atomic mass is 9.97. The van der Waals surface area contributed by atoms with E-state index in [0.29, 0.717) is 3.57 Å². The lowest BCUT2D eigenvalue weighted by molar-refractivity contribution is -0.129. The summed E-state index contributed by atoms with van der Waals surface area (Å²) < 4.78 is 43.2. The molecule has 32 heavy (non-hydrogen) atoms. The second kappa shape index (κ2) is 10.5. The Morgan fingerprint density at radius 2 is 1.88 bits per heavy atom. The molecule has 1 atom stereocenters. The van der Waals surface area contributed by atoms with E-state index >= 15 is 0 Å². The maximum absolute atomic E-state index is 14.5. The number of likely N-dealkylation sites (tertiary alicyclic amines) is 1. The number of amides is 2. The average molecular weight is 563 g/mol. The number of anilines is 2. The van der Waals surface area contributed by atoms with Gasteiger partial charge in [-0.2, -0.15) is 0 Å². The number of carbonyl (C=O) groups excluding carboxylic acids is 2. The molecule has 172 valence electrons. The summed E-state index contributed by atoms with van der Waals surface area (Å²) in [5, 5.41) is 23.1. The molecule has 1 saturated heterocycles. The van der Waals surface area contributed by atoms with Crippen molar-refractivity contribution in [2.45, 2.75) is 12.5 Å². The summed E-state index contributed by atoms with van der Waals surface area (Å²) in [4.78, 5) is 26.3. The van der Waals surface area contributed by atoms with Crippen molar-refractivity contribution in [3.05, 3.63) is 56.9 Å². The first-order valence-corrected chi connectivity index (χ1v) is 10.8. The van der Waals surface area contributed by atoms with Crippen LogP contribution in [0, 0.1) is 26.9 Å². The zero-order chi connectivity index (χ0) is 23.4. The van der Waals surface area contributed by atoms with Gasteiger partial charge in [0, 0.05) is 23.2 Å². The van der Waals surface area contributed by atoms with Crippen LogP contribution in [0.25, 0.3) is 0 Å². The van der Waals surface area contributed by atoms with Crippen LogP contribution >= 0.6 is 22.6 Å². The van der Waals surface area contributed by atoms with Crippen LogP contribution in [0.2, 0.25) is 0 Å². The standard InChI is InChI=1S/C21H21F3IN3O4/c22-15-3-2-14(19(18(15)24)27-17-4-1-12(25)7-16(17)23)21(32)28-8-11(9-28)20(31)26-6-5-13(30)10-29/h1-4,7,11,13,27,29-30H,5-6,8-10H2,(H,26,31). The molecule has 11 heteroatoms. The summed E-state index contributed by atoms with van der Waals surface area (Å²) in [6, 6.07) is 6.06. The fourth-order valence-corrected chi connectivity index (χ4v) is 3.61. The SMILES string of the molecule is O=C(NCCC(O)CO)C1CN(C(=O)c2ccc(F)c(F)c2Nc2ccc(I)cc2F)C1. The number of halogens is 4. The molecular formula is C21H21F3IN3O4. The van der Waals surface area contributed by atoms with Crippen LogP contribution in [0.4, 0.5) is 24.5 Å². The van der Waals surface area contributed by atoms with Crippen molar-refractivity contribution in [1.29, 1.82) is 0 Å². The van der Waals surface area contributed by atoms with Gasteiger partial charge in [0.2, 0.25) is 5.91 Å². The second-order valence-corrected chi connectivity index (χ2v) is 8.60. The maximum Gasteiger partial charge on any atom is 0.256 e. The monoisotopic (exact) mass is 563 g/mol. The Kier molecular flexibility index (Phi) is 7.96. The van der Waals surface area contributed by atoms with Gasteiger partial charge < -0.3 is 25.7 Å². The number of aliphatic hydroxyl groups excluding tert-OH is 2. The van der Waals surface area contributed by atoms with Gasteiger partial charge in [0.05, 0.1) is 35.6 Å². The van der Waals surface area contributed by atoms with Crippen molar-refractivity contribution in [2.75, 3.05) is 31.6 Å². The summed E-state index contributed by atoms with van der Waals surface area (Å²) in [5.41, 5.74) is -0.789. The number of nitrogens with zero attached hydrogens (tertiary/aromatic N) is 1. The van der Waals surface area contributed by atoms with E-state index in [9.17, 15) is 27.9 Å². The van der Waals surface area contributed by atoms with Gasteiger partial charge >= 0.3 is 0 Å². The van der Waals surface area contributed by atoms with Gasteiger partial charge in [-0.3, -0.25) is 9.59 Å². The first-order chi connectivity index (χ1) is 15.2. The average Bonchev–Trinajstić information content (AvgIpc) is 2.71. The molecule has 1 unspecified atom stereocenters. The number of carbonyl (C=O) groups is 2. The predicted molar refractivity (Wildman–Crippen MR) is 119 cm³/mol. The predicted octanol–water partition coefficient (Wildman–Crippen LogP) is 2.38. The smallest absolute Gasteiger partial charge is 0.256 e. The van der Waals surface area contributed by atoms with E-state index in [2.05, 4.69) is 10.6 Å². The molecule has 2 amide bonds. The van der Waals surface area contributed by atoms with E-state index in [-0.39, 0.29) is 43.2 Å². The topological polar surface area (TPSA) is 102 Å². The number of nitrogens with one attached hydrogen (secondary N) is 2. The molecule has 1 aliphatic heterocycles. The molecule has 4 N–H and O–H groups in total. The highest BCUT2D eigenvalue weighted by molar-refractivity contribution is 14.1. The van der Waals surface area contributed by atoms with E-state index in [1.54, 1.807) is 6.07 Å². The summed E-state index contributed by atoms with van der Waals surface area (Å²) in [6.07, 6.45) is -0.733. The molecule has 2 aromatic carbocycles. The summed E-state index contributed by atoms with van der Waals surface area (Å²) in [6.45, 7) is -0.0881. The Hall–Kier alpha value is -2.38. The molecular weight excluding hydrogens is 542 g/mol. The lowest BCUT2D eigenvalue weighted by Gasteiger charge is -2.38. The molecule has 1 aliphatic rings. The molecule has 3 rings (SSSR count). The Labute approximate surface area is 195 Å². The highest BCUT2D eigenvalue weighted by Crippen LogP contribution is 2.31. The van der Waals surface area contributed by atoms with Crippen LogP contribution in [0.1, 0.15) is 16.8 Å². The van der Waals surface area contributed by atoms with Crippen LogP contribution in [0.3, 0.4) is 0 Å². The summed E-state index contributed by atoms with van der Waals surface area (Å²) in [7, 11) is 0. The van der Waals surface area contributed by atoms with Gasteiger partial charge in [0.1, 0.15) is 5.82 Å². The van der Waals surface area contributed by atoms with Gasteiger partial charge in [-0.25, -0.2) is 13.2 Å². The number of benzene rings is 2. The zero-order valence-corrected chi connectivity index (χ0v) is 18.9. The minimum Gasteiger partial charge on any atom is -0.394 e. The van der Waals surface area contributed by atoms with E-state index in [4.69, 9.17) is 5.11 Å². The normalized spacial score (nSPS) is 14.6. The number of aliphatic hydroxyl groups is 2. The summed E-state index contributed by atoms with van der Waals surface area (Å²) >= 11 is 1.91. The van der Waals surface area contributed by atoms with Crippen LogP contribution in [-0.4, -0.2) is 59.3 Å². The number of hydrogen-bond donors (Lipinski definition) is 4. The minimum atomic E-state index is -1.31. The van der Waals surface area contributed by atoms with Crippen LogP contribution in [0.5, 0.6) is 0 Å².